The second kappa shape index (κ2) is 5.68. The van der Waals surface area contributed by atoms with Gasteiger partial charge in [-0.25, -0.2) is 0 Å². The van der Waals surface area contributed by atoms with E-state index in [0.29, 0.717) is 0 Å². The Bertz CT molecular complexity index is 502. The summed E-state index contributed by atoms with van der Waals surface area (Å²) in [5.41, 5.74) is 1.13. The number of hydrogen-bond donors (Lipinski definition) is 0. The molecule has 0 N–H and O–H groups in total. The summed E-state index contributed by atoms with van der Waals surface area (Å²) >= 11 is 6.11. The van der Waals surface area contributed by atoms with E-state index in [4.69, 9.17) is 16.3 Å². The monoisotopic (exact) mass is 349 g/mol. The van der Waals surface area contributed by atoms with Crippen molar-refractivity contribution in [1.29, 1.82) is 0 Å². The maximum Gasteiger partial charge on any atom is 0.275 e. The van der Waals surface area contributed by atoms with Crippen molar-refractivity contribution in [2.75, 3.05) is 7.11 Å². The lowest BCUT2D eigenvalue weighted by atomic mass is 10.2. The Morgan fingerprint density at radius 3 is 2.62 bits per heavy atom. The molecule has 0 radical (unpaired) electrons. The lowest BCUT2D eigenvalue weighted by Crippen LogP contribution is -3.00. The third-order valence-corrected chi connectivity index (χ3v) is 2.83. The first kappa shape index (κ1) is 13.5. The van der Waals surface area contributed by atoms with Crippen LogP contribution in [0.15, 0.2) is 30.3 Å². The van der Waals surface area contributed by atoms with Crippen LogP contribution < -0.4 is 33.3 Å². The largest absolute Gasteiger partial charge is 1.00 e. The van der Waals surface area contributed by atoms with Gasteiger partial charge in [-0.1, -0.05) is 0 Å². The van der Waals surface area contributed by atoms with Crippen LogP contribution in [-0.4, -0.2) is 7.11 Å². The van der Waals surface area contributed by atoms with Crippen LogP contribution in [0.4, 0.5) is 0 Å². The predicted octanol–water partition coefficient (Wildman–Crippen LogP) is -0.187. The zero-order chi connectivity index (χ0) is 10.8. The van der Waals surface area contributed by atoms with E-state index in [1.54, 1.807) is 7.11 Å². The van der Waals surface area contributed by atoms with E-state index in [1.807, 2.05) is 30.3 Å². The van der Waals surface area contributed by atoms with Crippen molar-refractivity contribution in [3.05, 3.63) is 35.5 Å². The van der Waals surface area contributed by atoms with Gasteiger partial charge >= 0.3 is 0 Å². The molecule has 0 atom stereocenters. The van der Waals surface area contributed by atoms with Crippen LogP contribution in [0.5, 0.6) is 5.75 Å². The molecule has 0 aliphatic carbocycles. The zero-order valence-electron chi connectivity index (χ0n) is 9.21. The molecule has 2 aromatic rings. The van der Waals surface area contributed by atoms with Gasteiger partial charge in [-0.3, -0.25) is 0 Å². The molecule has 86 valence electrons. The number of fused-ring (bicyclic) bond motifs is 1. The summed E-state index contributed by atoms with van der Waals surface area (Å²) in [6, 6.07) is 9.91. The summed E-state index contributed by atoms with van der Waals surface area (Å²) in [6.45, 7) is 2.94. The Labute approximate surface area is 117 Å². The van der Waals surface area contributed by atoms with Gasteiger partial charge in [0.15, 0.2) is 0 Å². The number of benzene rings is 1. The van der Waals surface area contributed by atoms with Crippen molar-refractivity contribution < 1.29 is 33.3 Å². The summed E-state index contributed by atoms with van der Waals surface area (Å²) in [4.78, 5) is 0. The summed E-state index contributed by atoms with van der Waals surface area (Å²) < 4.78 is 7.25. The van der Waals surface area contributed by atoms with Gasteiger partial charge in [0.1, 0.15) is 12.3 Å². The number of aromatic nitrogens is 1. The Kier molecular flexibility index (Phi) is 4.80. The molecule has 0 spiro atoms. The number of pyridine rings is 1. The second-order valence-electron chi connectivity index (χ2n) is 3.33. The van der Waals surface area contributed by atoms with Crippen LogP contribution in [0.1, 0.15) is 6.92 Å². The average Bonchev–Trinajstić information content (AvgIpc) is 2.28. The molecule has 0 fully saturated rings. The van der Waals surface area contributed by atoms with Gasteiger partial charge < -0.3 is 28.7 Å². The van der Waals surface area contributed by atoms with Crippen LogP contribution >= 0.6 is 11.6 Å². The molecule has 1 heterocycles. The fourth-order valence-electron chi connectivity index (χ4n) is 1.72. The fourth-order valence-corrected chi connectivity index (χ4v) is 2.00. The molecule has 0 aliphatic heterocycles. The number of halogens is 2. The molecule has 0 saturated heterocycles. The predicted molar refractivity (Wildman–Crippen MR) is 61.4 cm³/mol. The molecule has 1 aromatic heterocycles. The van der Waals surface area contributed by atoms with Crippen molar-refractivity contribution in [3.8, 4) is 5.75 Å². The Morgan fingerprint density at radius 1 is 1.25 bits per heavy atom. The minimum atomic E-state index is 0. The van der Waals surface area contributed by atoms with Crippen molar-refractivity contribution in [2.24, 2.45) is 0 Å². The molecule has 0 amide bonds. The molecule has 16 heavy (non-hydrogen) atoms. The van der Waals surface area contributed by atoms with E-state index >= 15 is 0 Å². The van der Waals surface area contributed by atoms with E-state index in [0.717, 1.165) is 28.4 Å². The van der Waals surface area contributed by atoms with Crippen molar-refractivity contribution in [1.82, 2.24) is 0 Å². The minimum Gasteiger partial charge on any atom is -1.00 e. The number of nitrogens with zero attached hydrogens (tertiary/aromatic N) is 1. The third kappa shape index (κ3) is 2.40. The maximum absolute atomic E-state index is 6.11. The summed E-state index contributed by atoms with van der Waals surface area (Å²) in [7, 11) is 1.67. The average molecular weight is 350 g/mol. The van der Waals surface area contributed by atoms with Crippen LogP contribution in [0.3, 0.4) is 0 Å². The number of rotatable bonds is 2. The second-order valence-corrected chi connectivity index (χ2v) is 3.71. The van der Waals surface area contributed by atoms with E-state index in [1.165, 1.54) is 0 Å². The highest BCUT2D eigenvalue weighted by Gasteiger charge is 2.12. The molecule has 2 rings (SSSR count). The highest BCUT2D eigenvalue weighted by Crippen LogP contribution is 2.19. The lowest BCUT2D eigenvalue weighted by molar-refractivity contribution is -0.665. The van der Waals surface area contributed by atoms with Crippen LogP contribution in [0.25, 0.3) is 10.9 Å². The van der Waals surface area contributed by atoms with Gasteiger partial charge in [0.25, 0.3) is 5.15 Å². The van der Waals surface area contributed by atoms with Gasteiger partial charge in [-0.15, -0.1) is 0 Å². The molecule has 0 saturated carbocycles. The molecule has 1 aromatic carbocycles. The molecule has 0 bridgehead atoms. The first-order chi connectivity index (χ1) is 7.26. The lowest BCUT2D eigenvalue weighted by Gasteiger charge is -2.03. The first-order valence-electron chi connectivity index (χ1n) is 4.92. The van der Waals surface area contributed by atoms with E-state index in [2.05, 4.69) is 11.5 Å². The smallest absolute Gasteiger partial charge is 0.275 e. The molecular formula is C12H13ClINO. The van der Waals surface area contributed by atoms with Crippen molar-refractivity contribution in [3.63, 3.8) is 0 Å². The van der Waals surface area contributed by atoms with Gasteiger partial charge in [0.05, 0.1) is 12.5 Å². The number of methoxy groups -OCH3 is 1. The summed E-state index contributed by atoms with van der Waals surface area (Å²) in [5.74, 6) is 0.868. The Hall–Kier alpha value is -0.550. The number of aryl methyl sites for hydroxylation is 1. The zero-order valence-corrected chi connectivity index (χ0v) is 12.1. The van der Waals surface area contributed by atoms with E-state index in [-0.39, 0.29) is 24.0 Å². The fraction of sp³-hybridized carbons (Fsp3) is 0.250. The molecular weight excluding hydrogens is 336 g/mol. The molecule has 0 unspecified atom stereocenters. The van der Waals surface area contributed by atoms with Gasteiger partial charge in [-0.05, 0) is 36.7 Å². The van der Waals surface area contributed by atoms with Crippen LogP contribution in [0.2, 0.25) is 5.15 Å². The summed E-state index contributed by atoms with van der Waals surface area (Å²) in [5, 5.41) is 1.90. The minimum absolute atomic E-state index is 0. The Morgan fingerprint density at radius 2 is 2.00 bits per heavy atom. The van der Waals surface area contributed by atoms with Crippen LogP contribution in [0, 0.1) is 0 Å². The normalized spacial score (nSPS) is 9.94. The van der Waals surface area contributed by atoms with E-state index < -0.39 is 0 Å². The van der Waals surface area contributed by atoms with Crippen LogP contribution in [-0.2, 0) is 6.54 Å². The maximum atomic E-state index is 6.11. The molecule has 4 heteroatoms. The van der Waals surface area contributed by atoms with Gasteiger partial charge in [0, 0.05) is 12.1 Å². The SMILES string of the molecule is CC[n+]1c(Cl)ccc2cc(OC)ccc21.[I-]. The highest BCUT2D eigenvalue weighted by molar-refractivity contribution is 6.28. The topological polar surface area (TPSA) is 13.1 Å². The van der Waals surface area contributed by atoms with Crippen molar-refractivity contribution >= 4 is 22.5 Å². The molecule has 0 aliphatic rings. The van der Waals surface area contributed by atoms with Crippen molar-refractivity contribution in [2.45, 2.75) is 13.5 Å². The van der Waals surface area contributed by atoms with Gasteiger partial charge in [0.2, 0.25) is 5.52 Å². The number of hydrogen-bond acceptors (Lipinski definition) is 1. The molecule has 2 nitrogen and oxygen atoms in total. The van der Waals surface area contributed by atoms with Gasteiger partial charge in [-0.2, -0.15) is 4.57 Å². The Balaban J connectivity index is 0.00000128. The summed E-state index contributed by atoms with van der Waals surface area (Å²) in [6.07, 6.45) is 0. The standard InChI is InChI=1S/C12H13ClNO.HI/c1-3-14-11-6-5-10(15-2)8-9(11)4-7-12(14)13;/h4-8H,3H2,1-2H3;1H/q+1;/p-1. The van der Waals surface area contributed by atoms with E-state index in [9.17, 15) is 0 Å². The third-order valence-electron chi connectivity index (χ3n) is 2.50. The number of ether oxygens (including phenoxy) is 1. The highest BCUT2D eigenvalue weighted by atomic mass is 127. The quantitative estimate of drug-likeness (QED) is 0.416. The first-order valence-corrected chi connectivity index (χ1v) is 5.30.